The Bertz CT molecular complexity index is 299. The maximum Gasteiger partial charge on any atom is 0.0741 e. The molecule has 0 saturated carbocycles. The average molecular weight is 282 g/mol. The summed E-state index contributed by atoms with van der Waals surface area (Å²) in [6.45, 7) is 8.59. The van der Waals surface area contributed by atoms with Crippen molar-refractivity contribution in [3.8, 4) is 0 Å². The number of hydrogen-bond donors (Lipinski definition) is 1. The lowest BCUT2D eigenvalue weighted by Gasteiger charge is -2.43. The molecule has 3 aliphatic rings. The molecule has 3 saturated heterocycles. The predicted molar refractivity (Wildman–Crippen MR) is 80.0 cm³/mol. The Morgan fingerprint density at radius 3 is 2.85 bits per heavy atom. The van der Waals surface area contributed by atoms with Gasteiger partial charge in [-0.25, -0.2) is 0 Å². The van der Waals surface area contributed by atoms with Crippen LogP contribution in [0.4, 0.5) is 0 Å². The van der Waals surface area contributed by atoms with Crippen molar-refractivity contribution in [1.82, 2.24) is 10.2 Å². The zero-order chi connectivity index (χ0) is 13.8. The van der Waals surface area contributed by atoms with Crippen molar-refractivity contribution in [2.24, 2.45) is 0 Å². The summed E-state index contributed by atoms with van der Waals surface area (Å²) in [4.78, 5) is 2.62. The van der Waals surface area contributed by atoms with Crippen LogP contribution >= 0.6 is 0 Å². The van der Waals surface area contributed by atoms with Crippen LogP contribution in [0.25, 0.3) is 0 Å². The SMILES string of the molecule is CCN1CCCC1CNC1CCOC2(CCOCC2)C1. The molecule has 2 atom stereocenters. The zero-order valence-corrected chi connectivity index (χ0v) is 12.9. The predicted octanol–water partition coefficient (Wildman–Crippen LogP) is 1.79. The van der Waals surface area contributed by atoms with Crippen LogP contribution in [0.5, 0.6) is 0 Å². The molecule has 2 unspecified atom stereocenters. The highest BCUT2D eigenvalue weighted by atomic mass is 16.5. The van der Waals surface area contributed by atoms with Gasteiger partial charge in [-0.1, -0.05) is 6.92 Å². The number of likely N-dealkylation sites (tertiary alicyclic amines) is 1. The van der Waals surface area contributed by atoms with Crippen LogP contribution in [0.15, 0.2) is 0 Å². The molecular weight excluding hydrogens is 252 g/mol. The quantitative estimate of drug-likeness (QED) is 0.852. The first-order valence-corrected chi connectivity index (χ1v) is 8.50. The van der Waals surface area contributed by atoms with Gasteiger partial charge in [-0.15, -0.1) is 0 Å². The molecule has 3 heterocycles. The van der Waals surface area contributed by atoms with Gasteiger partial charge in [-0.2, -0.15) is 0 Å². The molecule has 0 aromatic heterocycles. The standard InChI is InChI=1S/C16H30N2O2/c1-2-18-8-3-4-15(18)13-17-14-5-9-20-16(12-14)6-10-19-11-7-16/h14-15,17H,2-13H2,1H3. The monoisotopic (exact) mass is 282 g/mol. The molecule has 0 radical (unpaired) electrons. The minimum absolute atomic E-state index is 0.119. The van der Waals surface area contributed by atoms with Crippen molar-refractivity contribution in [3.05, 3.63) is 0 Å². The third-order valence-corrected chi connectivity index (χ3v) is 5.44. The summed E-state index contributed by atoms with van der Waals surface area (Å²) in [6.07, 6.45) is 7.24. The lowest BCUT2D eigenvalue weighted by molar-refractivity contribution is -0.140. The van der Waals surface area contributed by atoms with Gasteiger partial charge in [0.2, 0.25) is 0 Å². The summed E-state index contributed by atoms with van der Waals surface area (Å²) in [5.41, 5.74) is 0.119. The smallest absolute Gasteiger partial charge is 0.0741 e. The van der Waals surface area contributed by atoms with E-state index >= 15 is 0 Å². The van der Waals surface area contributed by atoms with Crippen molar-refractivity contribution in [3.63, 3.8) is 0 Å². The van der Waals surface area contributed by atoms with E-state index in [1.807, 2.05) is 0 Å². The van der Waals surface area contributed by atoms with Crippen LogP contribution in [-0.4, -0.2) is 62.0 Å². The fraction of sp³-hybridized carbons (Fsp3) is 1.00. The minimum atomic E-state index is 0.119. The van der Waals surface area contributed by atoms with Gasteiger partial charge in [0.1, 0.15) is 0 Å². The van der Waals surface area contributed by atoms with Crippen LogP contribution in [0.3, 0.4) is 0 Å². The number of nitrogens with one attached hydrogen (secondary N) is 1. The molecule has 3 fully saturated rings. The Morgan fingerprint density at radius 2 is 2.05 bits per heavy atom. The molecule has 0 aliphatic carbocycles. The van der Waals surface area contributed by atoms with Gasteiger partial charge in [-0.05, 0) is 51.6 Å². The van der Waals surface area contributed by atoms with E-state index in [-0.39, 0.29) is 5.60 Å². The van der Waals surface area contributed by atoms with Gasteiger partial charge < -0.3 is 14.8 Å². The summed E-state index contributed by atoms with van der Waals surface area (Å²) < 4.78 is 11.6. The molecular formula is C16H30N2O2. The Labute approximate surface area is 123 Å². The number of nitrogens with zero attached hydrogens (tertiary/aromatic N) is 1. The molecule has 0 bridgehead atoms. The first-order chi connectivity index (χ1) is 9.81. The van der Waals surface area contributed by atoms with Crippen LogP contribution in [0, 0.1) is 0 Å². The van der Waals surface area contributed by atoms with E-state index < -0.39 is 0 Å². The van der Waals surface area contributed by atoms with E-state index in [1.54, 1.807) is 0 Å². The Balaban J connectivity index is 1.47. The zero-order valence-electron chi connectivity index (χ0n) is 12.9. The average Bonchev–Trinajstić information content (AvgIpc) is 2.93. The van der Waals surface area contributed by atoms with E-state index in [2.05, 4.69) is 17.1 Å². The minimum Gasteiger partial charge on any atom is -0.381 e. The highest BCUT2D eigenvalue weighted by Crippen LogP contribution is 2.34. The van der Waals surface area contributed by atoms with E-state index in [1.165, 1.54) is 38.8 Å². The first kappa shape index (κ1) is 14.8. The maximum absolute atomic E-state index is 6.12. The highest BCUT2D eigenvalue weighted by Gasteiger charge is 2.39. The van der Waals surface area contributed by atoms with Gasteiger partial charge in [0, 0.05) is 38.4 Å². The van der Waals surface area contributed by atoms with E-state index in [4.69, 9.17) is 9.47 Å². The number of ether oxygens (including phenoxy) is 2. The van der Waals surface area contributed by atoms with Gasteiger partial charge in [0.25, 0.3) is 0 Å². The summed E-state index contributed by atoms with van der Waals surface area (Å²) in [5, 5.41) is 3.84. The number of likely N-dealkylation sites (N-methyl/N-ethyl adjacent to an activating group) is 1. The second-order valence-electron chi connectivity index (χ2n) is 6.67. The van der Waals surface area contributed by atoms with Crippen LogP contribution < -0.4 is 5.32 Å². The molecule has 3 rings (SSSR count). The number of hydrogen-bond acceptors (Lipinski definition) is 4. The number of rotatable bonds is 4. The largest absolute Gasteiger partial charge is 0.381 e. The molecule has 4 nitrogen and oxygen atoms in total. The van der Waals surface area contributed by atoms with Gasteiger partial charge in [-0.3, -0.25) is 4.90 Å². The van der Waals surface area contributed by atoms with Crippen LogP contribution in [0.2, 0.25) is 0 Å². The molecule has 4 heteroatoms. The molecule has 0 amide bonds. The highest BCUT2D eigenvalue weighted by molar-refractivity contribution is 4.92. The van der Waals surface area contributed by atoms with E-state index in [0.717, 1.165) is 45.2 Å². The third kappa shape index (κ3) is 3.35. The third-order valence-electron chi connectivity index (χ3n) is 5.44. The summed E-state index contributed by atoms with van der Waals surface area (Å²) >= 11 is 0. The Morgan fingerprint density at radius 1 is 1.20 bits per heavy atom. The summed E-state index contributed by atoms with van der Waals surface area (Å²) in [6, 6.07) is 1.40. The second kappa shape index (κ2) is 6.73. The first-order valence-electron chi connectivity index (χ1n) is 8.50. The van der Waals surface area contributed by atoms with Crippen molar-refractivity contribution in [2.75, 3.05) is 39.5 Å². The Hall–Kier alpha value is -0.160. The van der Waals surface area contributed by atoms with Crippen LogP contribution in [0.1, 0.15) is 45.4 Å². The van der Waals surface area contributed by atoms with Crippen molar-refractivity contribution in [1.29, 1.82) is 0 Å². The summed E-state index contributed by atoms with van der Waals surface area (Å²) in [5.74, 6) is 0. The van der Waals surface area contributed by atoms with Crippen molar-refractivity contribution >= 4 is 0 Å². The molecule has 3 aliphatic heterocycles. The molecule has 0 aromatic carbocycles. The molecule has 20 heavy (non-hydrogen) atoms. The van der Waals surface area contributed by atoms with Crippen molar-refractivity contribution < 1.29 is 9.47 Å². The molecule has 0 aromatic rings. The van der Waals surface area contributed by atoms with Gasteiger partial charge in [0.05, 0.1) is 5.60 Å². The van der Waals surface area contributed by atoms with E-state index in [0.29, 0.717) is 6.04 Å². The van der Waals surface area contributed by atoms with Crippen LogP contribution in [-0.2, 0) is 9.47 Å². The topological polar surface area (TPSA) is 33.7 Å². The van der Waals surface area contributed by atoms with Gasteiger partial charge >= 0.3 is 0 Å². The normalized spacial score (nSPS) is 34.6. The fourth-order valence-electron chi connectivity index (χ4n) is 4.14. The summed E-state index contributed by atoms with van der Waals surface area (Å²) in [7, 11) is 0. The lowest BCUT2D eigenvalue weighted by Crippen LogP contribution is -2.51. The molecule has 1 spiro atoms. The Kier molecular flexibility index (Phi) is 4.97. The lowest BCUT2D eigenvalue weighted by atomic mass is 9.84. The second-order valence-corrected chi connectivity index (χ2v) is 6.67. The molecule has 1 N–H and O–H groups in total. The maximum atomic E-state index is 6.12. The van der Waals surface area contributed by atoms with E-state index in [9.17, 15) is 0 Å². The van der Waals surface area contributed by atoms with Crippen molar-refractivity contribution in [2.45, 2.75) is 63.1 Å². The fourth-order valence-corrected chi connectivity index (χ4v) is 4.14. The van der Waals surface area contributed by atoms with Gasteiger partial charge in [0.15, 0.2) is 0 Å². The molecule has 116 valence electrons.